The number of hydrogen-bond acceptors (Lipinski definition) is 2. The van der Waals surface area contributed by atoms with Gasteiger partial charge in [0.15, 0.2) is 0 Å². The van der Waals surface area contributed by atoms with Crippen molar-refractivity contribution in [3.05, 3.63) is 29.3 Å². The minimum Gasteiger partial charge on any atom is -0.486 e. The molecule has 100 valence electrons. The first kappa shape index (κ1) is 13.4. The summed E-state index contributed by atoms with van der Waals surface area (Å²) in [7, 11) is 1.98. The van der Waals surface area contributed by atoms with Crippen LogP contribution in [0.3, 0.4) is 0 Å². The Bertz CT molecular complexity index is 402. The van der Waals surface area contributed by atoms with Crippen LogP contribution in [-0.4, -0.2) is 19.2 Å². The molecule has 2 nitrogen and oxygen atoms in total. The third-order valence-corrected chi connectivity index (χ3v) is 3.98. The van der Waals surface area contributed by atoms with Crippen molar-refractivity contribution in [2.24, 2.45) is 0 Å². The van der Waals surface area contributed by atoms with Crippen LogP contribution in [0.25, 0.3) is 0 Å². The van der Waals surface area contributed by atoms with E-state index in [9.17, 15) is 0 Å². The first-order valence-electron chi connectivity index (χ1n) is 7.12. The fourth-order valence-electron chi connectivity index (χ4n) is 2.67. The highest BCUT2D eigenvalue weighted by Crippen LogP contribution is 2.28. The van der Waals surface area contributed by atoms with Crippen molar-refractivity contribution in [1.29, 1.82) is 0 Å². The van der Waals surface area contributed by atoms with Gasteiger partial charge in [-0.3, -0.25) is 0 Å². The van der Waals surface area contributed by atoms with E-state index in [0.29, 0.717) is 0 Å². The predicted molar refractivity (Wildman–Crippen MR) is 76.3 cm³/mol. The van der Waals surface area contributed by atoms with Gasteiger partial charge in [0.25, 0.3) is 0 Å². The zero-order valence-electron chi connectivity index (χ0n) is 11.9. The Hall–Kier alpha value is -1.02. The van der Waals surface area contributed by atoms with Gasteiger partial charge < -0.3 is 10.1 Å². The summed E-state index contributed by atoms with van der Waals surface area (Å²) in [6.07, 6.45) is 6.10. The predicted octanol–water partition coefficient (Wildman–Crippen LogP) is 3.33. The molecule has 1 aliphatic rings. The standard InChI is InChI=1S/C16H25NO/c1-4-16(2,12-17-3)18-15-10-9-13-7-5-6-8-14(13)11-15/h9-11,17H,4-8,12H2,1-3H3. The first-order chi connectivity index (χ1) is 8.67. The number of aryl methyl sites for hydroxylation is 2. The van der Waals surface area contributed by atoms with E-state index >= 15 is 0 Å². The summed E-state index contributed by atoms with van der Waals surface area (Å²) < 4.78 is 6.20. The molecule has 0 heterocycles. The lowest BCUT2D eigenvalue weighted by Gasteiger charge is -2.30. The Morgan fingerprint density at radius 2 is 1.94 bits per heavy atom. The Kier molecular flexibility index (Phi) is 4.28. The van der Waals surface area contributed by atoms with Crippen LogP contribution in [0, 0.1) is 0 Å². The van der Waals surface area contributed by atoms with Gasteiger partial charge in [-0.15, -0.1) is 0 Å². The molecular formula is C16H25NO. The highest BCUT2D eigenvalue weighted by molar-refractivity contribution is 5.37. The molecule has 1 atom stereocenters. The number of benzene rings is 1. The maximum absolute atomic E-state index is 6.20. The average Bonchev–Trinajstić information content (AvgIpc) is 2.39. The molecule has 1 aromatic carbocycles. The normalized spacial score (nSPS) is 17.9. The van der Waals surface area contributed by atoms with Crippen molar-refractivity contribution in [1.82, 2.24) is 5.32 Å². The molecule has 18 heavy (non-hydrogen) atoms. The Labute approximate surface area is 111 Å². The first-order valence-corrected chi connectivity index (χ1v) is 7.12. The maximum Gasteiger partial charge on any atom is 0.120 e. The minimum absolute atomic E-state index is 0.113. The molecular weight excluding hydrogens is 222 g/mol. The van der Waals surface area contributed by atoms with Crippen LogP contribution in [0.5, 0.6) is 5.75 Å². The smallest absolute Gasteiger partial charge is 0.120 e. The molecule has 0 saturated carbocycles. The molecule has 1 aromatic rings. The van der Waals surface area contributed by atoms with Crippen LogP contribution in [0.1, 0.15) is 44.2 Å². The fraction of sp³-hybridized carbons (Fsp3) is 0.625. The van der Waals surface area contributed by atoms with Gasteiger partial charge in [-0.2, -0.15) is 0 Å². The van der Waals surface area contributed by atoms with E-state index < -0.39 is 0 Å². The van der Waals surface area contributed by atoms with E-state index in [1.54, 1.807) is 0 Å². The molecule has 0 aliphatic heterocycles. The van der Waals surface area contributed by atoms with E-state index in [2.05, 4.69) is 37.4 Å². The van der Waals surface area contributed by atoms with Crippen LogP contribution in [0.15, 0.2) is 18.2 Å². The molecule has 0 bridgehead atoms. The SMILES string of the molecule is CCC(C)(CNC)Oc1ccc2c(c1)CCCC2. The summed E-state index contributed by atoms with van der Waals surface area (Å²) in [5.74, 6) is 1.02. The molecule has 0 saturated heterocycles. The average molecular weight is 247 g/mol. The largest absolute Gasteiger partial charge is 0.486 e. The van der Waals surface area contributed by atoms with E-state index in [1.807, 2.05) is 7.05 Å². The van der Waals surface area contributed by atoms with Gasteiger partial charge in [0.05, 0.1) is 0 Å². The molecule has 0 radical (unpaired) electrons. The van der Waals surface area contributed by atoms with Gasteiger partial charge in [-0.05, 0) is 69.3 Å². The summed E-state index contributed by atoms with van der Waals surface area (Å²) in [6.45, 7) is 5.22. The van der Waals surface area contributed by atoms with E-state index in [0.717, 1.165) is 18.7 Å². The molecule has 1 unspecified atom stereocenters. The molecule has 0 spiro atoms. The van der Waals surface area contributed by atoms with Crippen LogP contribution in [0.4, 0.5) is 0 Å². The summed E-state index contributed by atoms with van der Waals surface area (Å²) >= 11 is 0. The zero-order valence-corrected chi connectivity index (χ0v) is 11.9. The van der Waals surface area contributed by atoms with Crippen LogP contribution in [-0.2, 0) is 12.8 Å². The number of ether oxygens (including phenoxy) is 1. The number of likely N-dealkylation sites (N-methyl/N-ethyl adjacent to an activating group) is 1. The Balaban J connectivity index is 2.13. The maximum atomic E-state index is 6.20. The van der Waals surface area contributed by atoms with Crippen molar-refractivity contribution in [3.63, 3.8) is 0 Å². The number of hydrogen-bond donors (Lipinski definition) is 1. The van der Waals surface area contributed by atoms with Crippen molar-refractivity contribution in [3.8, 4) is 5.75 Å². The third kappa shape index (κ3) is 3.05. The lowest BCUT2D eigenvalue weighted by molar-refractivity contribution is 0.0857. The molecule has 1 N–H and O–H groups in total. The summed E-state index contributed by atoms with van der Waals surface area (Å²) in [5, 5.41) is 3.22. The molecule has 2 heteroatoms. The molecule has 0 aromatic heterocycles. The van der Waals surface area contributed by atoms with Crippen LogP contribution >= 0.6 is 0 Å². The fourth-order valence-corrected chi connectivity index (χ4v) is 2.67. The van der Waals surface area contributed by atoms with Crippen molar-refractivity contribution in [2.75, 3.05) is 13.6 Å². The second-order valence-corrected chi connectivity index (χ2v) is 5.57. The second-order valence-electron chi connectivity index (χ2n) is 5.57. The lowest BCUT2D eigenvalue weighted by Crippen LogP contribution is -2.41. The van der Waals surface area contributed by atoms with Gasteiger partial charge in [-0.25, -0.2) is 0 Å². The van der Waals surface area contributed by atoms with Gasteiger partial charge in [0, 0.05) is 6.54 Å². The van der Waals surface area contributed by atoms with Gasteiger partial charge in [-0.1, -0.05) is 13.0 Å². The van der Waals surface area contributed by atoms with Crippen molar-refractivity contribution >= 4 is 0 Å². The second kappa shape index (κ2) is 5.75. The van der Waals surface area contributed by atoms with Crippen LogP contribution < -0.4 is 10.1 Å². The van der Waals surface area contributed by atoms with E-state index in [1.165, 1.54) is 36.8 Å². The van der Waals surface area contributed by atoms with Gasteiger partial charge >= 0.3 is 0 Å². The van der Waals surface area contributed by atoms with Gasteiger partial charge in [0.1, 0.15) is 11.4 Å². The summed E-state index contributed by atoms with van der Waals surface area (Å²) in [6, 6.07) is 6.63. The van der Waals surface area contributed by atoms with Crippen LogP contribution in [0.2, 0.25) is 0 Å². The highest BCUT2D eigenvalue weighted by atomic mass is 16.5. The monoisotopic (exact) mass is 247 g/mol. The van der Waals surface area contributed by atoms with Crippen molar-refractivity contribution in [2.45, 2.75) is 51.6 Å². The zero-order chi connectivity index (χ0) is 13.0. The molecule has 2 rings (SSSR count). The molecule has 0 fully saturated rings. The summed E-state index contributed by atoms with van der Waals surface area (Å²) in [4.78, 5) is 0. The van der Waals surface area contributed by atoms with Gasteiger partial charge in [0.2, 0.25) is 0 Å². The third-order valence-electron chi connectivity index (χ3n) is 3.98. The minimum atomic E-state index is -0.113. The highest BCUT2D eigenvalue weighted by Gasteiger charge is 2.23. The lowest BCUT2D eigenvalue weighted by atomic mass is 9.91. The van der Waals surface area contributed by atoms with E-state index in [-0.39, 0.29) is 5.60 Å². The molecule has 0 amide bonds. The van der Waals surface area contributed by atoms with E-state index in [4.69, 9.17) is 4.74 Å². The Morgan fingerprint density at radius 1 is 1.22 bits per heavy atom. The quantitative estimate of drug-likeness (QED) is 0.861. The topological polar surface area (TPSA) is 21.3 Å². The number of rotatable bonds is 5. The summed E-state index contributed by atoms with van der Waals surface area (Å²) in [5.41, 5.74) is 2.89. The number of nitrogens with one attached hydrogen (secondary N) is 1. The van der Waals surface area contributed by atoms with Crippen molar-refractivity contribution < 1.29 is 4.74 Å². The number of fused-ring (bicyclic) bond motifs is 1. The molecule has 1 aliphatic carbocycles. The Morgan fingerprint density at radius 3 is 2.61 bits per heavy atom.